The number of nitrogens with one attached hydrogen (secondary N) is 1. The molecule has 1 amide bonds. The van der Waals surface area contributed by atoms with Crippen molar-refractivity contribution < 1.29 is 14.3 Å². The molecule has 0 aliphatic carbocycles. The van der Waals surface area contributed by atoms with E-state index in [1.165, 1.54) is 5.56 Å². The summed E-state index contributed by atoms with van der Waals surface area (Å²) >= 11 is 0. The lowest BCUT2D eigenvalue weighted by atomic mass is 10.1. The van der Waals surface area contributed by atoms with Gasteiger partial charge in [-0.05, 0) is 63.4 Å². The highest BCUT2D eigenvalue weighted by molar-refractivity contribution is 5.82. The molecule has 156 valence electrons. The highest BCUT2D eigenvalue weighted by Gasteiger charge is 2.31. The monoisotopic (exact) mass is 396 g/mol. The summed E-state index contributed by atoms with van der Waals surface area (Å²) in [5.74, 6) is 1.55. The summed E-state index contributed by atoms with van der Waals surface area (Å²) in [5.41, 5.74) is 2.26. The zero-order valence-corrected chi connectivity index (χ0v) is 17.7. The van der Waals surface area contributed by atoms with Crippen molar-refractivity contribution in [2.45, 2.75) is 52.2 Å². The van der Waals surface area contributed by atoms with Gasteiger partial charge in [-0.2, -0.15) is 0 Å². The Morgan fingerprint density at radius 3 is 2.55 bits per heavy atom. The minimum Gasteiger partial charge on any atom is -0.490 e. The van der Waals surface area contributed by atoms with Gasteiger partial charge in [-0.25, -0.2) is 0 Å². The van der Waals surface area contributed by atoms with Gasteiger partial charge in [0.2, 0.25) is 5.91 Å². The van der Waals surface area contributed by atoms with Gasteiger partial charge >= 0.3 is 0 Å². The first kappa shape index (κ1) is 21.2. The van der Waals surface area contributed by atoms with E-state index in [1.54, 1.807) is 0 Å². The van der Waals surface area contributed by atoms with Crippen molar-refractivity contribution in [2.24, 2.45) is 0 Å². The van der Waals surface area contributed by atoms with Crippen LogP contribution in [0.2, 0.25) is 0 Å². The normalized spacial score (nSPS) is 17.7. The molecule has 1 aliphatic heterocycles. The van der Waals surface area contributed by atoms with Crippen LogP contribution in [0.1, 0.15) is 50.8 Å². The van der Waals surface area contributed by atoms with Crippen LogP contribution in [0.15, 0.2) is 48.5 Å². The quantitative estimate of drug-likeness (QED) is 0.686. The molecule has 2 atom stereocenters. The van der Waals surface area contributed by atoms with Crippen molar-refractivity contribution >= 4 is 5.91 Å². The van der Waals surface area contributed by atoms with Crippen LogP contribution in [0.5, 0.6) is 11.5 Å². The number of amides is 1. The van der Waals surface area contributed by atoms with Crippen LogP contribution >= 0.6 is 0 Å². The molecule has 0 bridgehead atoms. The van der Waals surface area contributed by atoms with Gasteiger partial charge in [-0.1, -0.05) is 36.4 Å². The number of carbonyl (C=O) groups is 1. The summed E-state index contributed by atoms with van der Waals surface area (Å²) in [4.78, 5) is 15.3. The maximum atomic E-state index is 13.0. The highest BCUT2D eigenvalue weighted by atomic mass is 16.5. The molecule has 1 saturated heterocycles. The lowest BCUT2D eigenvalue weighted by molar-refractivity contribution is -0.126. The number of likely N-dealkylation sites (tertiary alicyclic amines) is 1. The molecule has 0 aromatic heterocycles. The lowest BCUT2D eigenvalue weighted by Gasteiger charge is -2.26. The topological polar surface area (TPSA) is 50.8 Å². The smallest absolute Gasteiger partial charge is 0.237 e. The van der Waals surface area contributed by atoms with E-state index in [9.17, 15) is 4.79 Å². The van der Waals surface area contributed by atoms with Crippen LogP contribution in [0.4, 0.5) is 0 Å². The fraction of sp³-hybridized carbons (Fsp3) is 0.458. The third-order valence-corrected chi connectivity index (χ3v) is 5.32. The van der Waals surface area contributed by atoms with E-state index in [0.717, 1.165) is 43.0 Å². The first-order valence-corrected chi connectivity index (χ1v) is 10.6. The van der Waals surface area contributed by atoms with Gasteiger partial charge in [0.15, 0.2) is 11.5 Å². The predicted molar refractivity (Wildman–Crippen MR) is 115 cm³/mol. The first-order chi connectivity index (χ1) is 14.1. The zero-order valence-electron chi connectivity index (χ0n) is 17.7. The highest BCUT2D eigenvalue weighted by Crippen LogP contribution is 2.31. The van der Waals surface area contributed by atoms with Crippen LogP contribution in [-0.4, -0.2) is 36.6 Å². The van der Waals surface area contributed by atoms with Crippen molar-refractivity contribution in [2.75, 3.05) is 19.8 Å². The predicted octanol–water partition coefficient (Wildman–Crippen LogP) is 4.33. The molecule has 1 heterocycles. The van der Waals surface area contributed by atoms with E-state index < -0.39 is 0 Å². The fourth-order valence-corrected chi connectivity index (χ4v) is 3.86. The Morgan fingerprint density at radius 2 is 1.83 bits per heavy atom. The standard InChI is InChI=1S/C24H32N2O3/c1-4-28-22-14-13-20(16-23(22)29-5-2)18(3)25-24(27)21-12-9-15-26(21)17-19-10-7-6-8-11-19/h6-8,10-11,13-14,16,18,21H,4-5,9,12,15,17H2,1-3H3,(H,25,27). The lowest BCUT2D eigenvalue weighted by Crippen LogP contribution is -2.43. The number of hydrogen-bond acceptors (Lipinski definition) is 4. The number of ether oxygens (including phenoxy) is 2. The molecule has 3 rings (SSSR count). The van der Waals surface area contributed by atoms with E-state index in [-0.39, 0.29) is 18.0 Å². The van der Waals surface area contributed by atoms with Gasteiger partial charge in [-0.15, -0.1) is 0 Å². The van der Waals surface area contributed by atoms with E-state index in [2.05, 4.69) is 22.3 Å². The maximum absolute atomic E-state index is 13.0. The van der Waals surface area contributed by atoms with Gasteiger partial charge in [0.25, 0.3) is 0 Å². The summed E-state index contributed by atoms with van der Waals surface area (Å²) in [6.45, 7) is 8.85. The first-order valence-electron chi connectivity index (χ1n) is 10.6. The number of benzene rings is 2. The largest absolute Gasteiger partial charge is 0.490 e. The van der Waals surface area contributed by atoms with Gasteiger partial charge in [0.05, 0.1) is 25.3 Å². The Balaban J connectivity index is 1.65. The van der Waals surface area contributed by atoms with Crippen molar-refractivity contribution in [1.82, 2.24) is 10.2 Å². The SMILES string of the molecule is CCOc1ccc(C(C)NC(=O)C2CCCN2Cc2ccccc2)cc1OCC. The second-order valence-corrected chi connectivity index (χ2v) is 7.42. The van der Waals surface area contributed by atoms with Crippen LogP contribution < -0.4 is 14.8 Å². The fourth-order valence-electron chi connectivity index (χ4n) is 3.86. The Labute approximate surface area is 174 Å². The zero-order chi connectivity index (χ0) is 20.6. The van der Waals surface area contributed by atoms with E-state index in [1.807, 2.05) is 57.2 Å². The second-order valence-electron chi connectivity index (χ2n) is 7.42. The third kappa shape index (κ3) is 5.51. The average Bonchev–Trinajstić information content (AvgIpc) is 3.18. The van der Waals surface area contributed by atoms with Gasteiger partial charge in [0.1, 0.15) is 0 Å². The third-order valence-electron chi connectivity index (χ3n) is 5.32. The Hall–Kier alpha value is -2.53. The van der Waals surface area contributed by atoms with Gasteiger partial charge in [0, 0.05) is 6.54 Å². The number of nitrogens with zero attached hydrogens (tertiary/aromatic N) is 1. The summed E-state index contributed by atoms with van der Waals surface area (Å²) in [6, 6.07) is 16.1. The number of rotatable bonds is 9. The molecule has 0 spiro atoms. The second kappa shape index (κ2) is 10.3. The van der Waals surface area contributed by atoms with Gasteiger partial charge < -0.3 is 14.8 Å². The van der Waals surface area contributed by atoms with Crippen molar-refractivity contribution in [3.8, 4) is 11.5 Å². The Morgan fingerprint density at radius 1 is 1.10 bits per heavy atom. The molecular weight excluding hydrogens is 364 g/mol. The molecule has 5 nitrogen and oxygen atoms in total. The van der Waals surface area contributed by atoms with Gasteiger partial charge in [-0.3, -0.25) is 9.69 Å². The molecule has 0 radical (unpaired) electrons. The summed E-state index contributed by atoms with van der Waals surface area (Å²) in [5, 5.41) is 3.20. The van der Waals surface area contributed by atoms with Crippen LogP contribution in [0.25, 0.3) is 0 Å². The molecule has 0 saturated carbocycles. The molecule has 29 heavy (non-hydrogen) atoms. The van der Waals surface area contributed by atoms with Crippen molar-refractivity contribution in [3.63, 3.8) is 0 Å². The minimum atomic E-state index is -0.100. The molecule has 5 heteroatoms. The van der Waals surface area contributed by atoms with Crippen LogP contribution in [0.3, 0.4) is 0 Å². The number of carbonyl (C=O) groups excluding carboxylic acids is 1. The van der Waals surface area contributed by atoms with Crippen molar-refractivity contribution in [3.05, 3.63) is 59.7 Å². The average molecular weight is 397 g/mol. The Bertz CT molecular complexity index is 794. The molecular formula is C24H32N2O3. The van der Waals surface area contributed by atoms with Crippen LogP contribution in [-0.2, 0) is 11.3 Å². The molecule has 2 aromatic rings. The molecule has 1 N–H and O–H groups in total. The summed E-state index contributed by atoms with van der Waals surface area (Å²) < 4.78 is 11.4. The molecule has 2 unspecified atom stereocenters. The van der Waals surface area contributed by atoms with Crippen LogP contribution in [0, 0.1) is 0 Å². The van der Waals surface area contributed by atoms with E-state index in [4.69, 9.17) is 9.47 Å². The Kier molecular flexibility index (Phi) is 7.53. The molecule has 1 fully saturated rings. The van der Waals surface area contributed by atoms with E-state index in [0.29, 0.717) is 13.2 Å². The summed E-state index contributed by atoms with van der Waals surface area (Å²) in [6.07, 6.45) is 1.95. The maximum Gasteiger partial charge on any atom is 0.237 e. The molecule has 2 aromatic carbocycles. The summed E-state index contributed by atoms with van der Waals surface area (Å²) in [7, 11) is 0. The van der Waals surface area contributed by atoms with Crippen molar-refractivity contribution in [1.29, 1.82) is 0 Å². The van der Waals surface area contributed by atoms with E-state index >= 15 is 0 Å². The number of hydrogen-bond donors (Lipinski definition) is 1. The minimum absolute atomic E-state index is 0.0771. The molecule has 1 aliphatic rings.